The van der Waals surface area contributed by atoms with E-state index in [1.54, 1.807) is 0 Å². The lowest BCUT2D eigenvalue weighted by Gasteiger charge is -1.98. The van der Waals surface area contributed by atoms with E-state index in [0.717, 1.165) is 19.5 Å². The summed E-state index contributed by atoms with van der Waals surface area (Å²) < 4.78 is 3.05. The van der Waals surface area contributed by atoms with Crippen molar-refractivity contribution in [3.8, 4) is 0 Å². The summed E-state index contributed by atoms with van der Waals surface area (Å²) >= 11 is 2.15. The molecule has 1 N–H and O–H groups in total. The van der Waals surface area contributed by atoms with Crippen LogP contribution in [0.2, 0.25) is 0 Å². The van der Waals surface area contributed by atoms with Gasteiger partial charge >= 0.3 is 0 Å². The van der Waals surface area contributed by atoms with Gasteiger partial charge in [-0.3, -0.25) is 8.52 Å². The summed E-state index contributed by atoms with van der Waals surface area (Å²) in [5.74, 6) is 0. The van der Waals surface area contributed by atoms with E-state index >= 15 is 0 Å². The highest BCUT2D eigenvalue weighted by Gasteiger charge is 1.89. The summed E-state index contributed by atoms with van der Waals surface area (Å²) in [7, 11) is 0. The molecule has 0 saturated heterocycles. The maximum Gasteiger partial charge on any atom is 0.0518 e. The molecule has 0 spiro atoms. The van der Waals surface area contributed by atoms with E-state index in [2.05, 4.69) is 44.2 Å². The molecule has 0 atom stereocenters. The first-order chi connectivity index (χ1) is 7.91. The summed E-state index contributed by atoms with van der Waals surface area (Å²) in [4.78, 5) is 4.32. The number of hydrogen-bond donors (Lipinski definition) is 1. The molecule has 0 aromatic carbocycles. The maximum absolute atomic E-state index is 4.32. The van der Waals surface area contributed by atoms with Gasteiger partial charge in [-0.2, -0.15) is 0 Å². The molecular formula is C13H25IN2. The minimum atomic E-state index is 0.907. The number of halogens is 1. The van der Waals surface area contributed by atoms with Crippen LogP contribution in [0.4, 0.5) is 0 Å². The lowest BCUT2D eigenvalue weighted by atomic mass is 10.1. The van der Waals surface area contributed by atoms with Crippen LogP contribution in [0.5, 0.6) is 0 Å². The zero-order valence-corrected chi connectivity index (χ0v) is 12.4. The fourth-order valence-electron chi connectivity index (χ4n) is 1.52. The molecule has 0 amide bonds. The first-order valence-corrected chi connectivity index (χ1v) is 7.42. The largest absolute Gasteiger partial charge is 0.296 e. The molecule has 0 aromatic rings. The van der Waals surface area contributed by atoms with Crippen molar-refractivity contribution < 1.29 is 0 Å². The predicted octanol–water partition coefficient (Wildman–Crippen LogP) is 4.30. The summed E-state index contributed by atoms with van der Waals surface area (Å²) in [6.07, 6.45) is 14.5. The molecule has 0 saturated carbocycles. The third-order valence-electron chi connectivity index (χ3n) is 2.46. The van der Waals surface area contributed by atoms with Crippen LogP contribution in [-0.2, 0) is 0 Å². The maximum atomic E-state index is 4.32. The van der Waals surface area contributed by atoms with Gasteiger partial charge in [-0.05, 0) is 31.9 Å². The molecule has 0 rings (SSSR count). The van der Waals surface area contributed by atoms with E-state index < -0.39 is 0 Å². The van der Waals surface area contributed by atoms with Crippen molar-refractivity contribution in [2.24, 2.45) is 4.99 Å². The molecule has 0 heterocycles. The van der Waals surface area contributed by atoms with Crippen molar-refractivity contribution in [3.05, 3.63) is 12.7 Å². The predicted molar refractivity (Wildman–Crippen MR) is 82.5 cm³/mol. The van der Waals surface area contributed by atoms with Gasteiger partial charge in [-0.15, -0.1) is 6.58 Å². The van der Waals surface area contributed by atoms with E-state index in [1.165, 1.54) is 44.9 Å². The summed E-state index contributed by atoms with van der Waals surface area (Å²) in [6, 6.07) is 0. The monoisotopic (exact) mass is 336 g/mol. The third kappa shape index (κ3) is 14.1. The van der Waals surface area contributed by atoms with Crippen LogP contribution in [0.25, 0.3) is 0 Å². The molecule has 0 aliphatic heterocycles. The lowest BCUT2D eigenvalue weighted by Crippen LogP contribution is -2.03. The summed E-state index contributed by atoms with van der Waals surface area (Å²) in [5, 5.41) is 0. The first-order valence-electron chi connectivity index (χ1n) is 6.34. The van der Waals surface area contributed by atoms with Gasteiger partial charge in [0.15, 0.2) is 0 Å². The topological polar surface area (TPSA) is 24.4 Å². The minimum Gasteiger partial charge on any atom is -0.296 e. The van der Waals surface area contributed by atoms with E-state index in [-0.39, 0.29) is 0 Å². The highest BCUT2D eigenvalue weighted by molar-refractivity contribution is 14.1. The number of allylic oxidation sites excluding steroid dienone is 1. The van der Waals surface area contributed by atoms with E-state index in [1.807, 2.05) is 6.08 Å². The van der Waals surface area contributed by atoms with Gasteiger partial charge in [-0.1, -0.05) is 31.8 Å². The van der Waals surface area contributed by atoms with Gasteiger partial charge in [-0.25, -0.2) is 0 Å². The Hall–Kier alpha value is 0.1000. The molecule has 16 heavy (non-hydrogen) atoms. The molecule has 0 aliphatic rings. The Morgan fingerprint density at radius 3 is 2.25 bits per heavy atom. The van der Waals surface area contributed by atoms with Crippen molar-refractivity contribution in [2.45, 2.75) is 51.4 Å². The smallest absolute Gasteiger partial charge is 0.0518 e. The van der Waals surface area contributed by atoms with Crippen LogP contribution in [0.15, 0.2) is 17.6 Å². The Morgan fingerprint density at radius 2 is 1.62 bits per heavy atom. The SMILES string of the molecule is C=CCCCCCCCCC=NCCNI. The molecule has 0 aliphatic carbocycles. The Morgan fingerprint density at radius 1 is 1.00 bits per heavy atom. The lowest BCUT2D eigenvalue weighted by molar-refractivity contribution is 0.604. The van der Waals surface area contributed by atoms with E-state index in [4.69, 9.17) is 0 Å². The van der Waals surface area contributed by atoms with Crippen molar-refractivity contribution in [3.63, 3.8) is 0 Å². The fourth-order valence-corrected chi connectivity index (χ4v) is 1.76. The van der Waals surface area contributed by atoms with Gasteiger partial charge in [0.2, 0.25) is 0 Å². The summed E-state index contributed by atoms with van der Waals surface area (Å²) in [5.41, 5.74) is 0. The van der Waals surface area contributed by atoms with Crippen molar-refractivity contribution in [1.82, 2.24) is 3.53 Å². The molecule has 0 aromatic heterocycles. The number of aliphatic imine (C=N–C) groups is 1. The number of hydrogen-bond acceptors (Lipinski definition) is 2. The Balaban J connectivity index is 2.98. The van der Waals surface area contributed by atoms with Gasteiger partial charge in [0.25, 0.3) is 0 Å². The Bertz CT molecular complexity index is 169. The van der Waals surface area contributed by atoms with Crippen LogP contribution in [0, 0.1) is 0 Å². The van der Waals surface area contributed by atoms with E-state index in [0.29, 0.717) is 0 Å². The number of nitrogens with zero attached hydrogens (tertiary/aromatic N) is 1. The van der Waals surface area contributed by atoms with Crippen LogP contribution >= 0.6 is 22.9 Å². The fraction of sp³-hybridized carbons (Fsp3) is 0.769. The molecule has 3 heteroatoms. The number of nitrogens with one attached hydrogen (secondary N) is 1. The molecular weight excluding hydrogens is 311 g/mol. The highest BCUT2D eigenvalue weighted by atomic mass is 127. The third-order valence-corrected chi connectivity index (χ3v) is 3.00. The second kappa shape index (κ2) is 15.1. The van der Waals surface area contributed by atoms with Crippen molar-refractivity contribution in [2.75, 3.05) is 13.1 Å². The second-order valence-corrected chi connectivity index (χ2v) is 4.72. The van der Waals surface area contributed by atoms with Crippen molar-refractivity contribution in [1.29, 1.82) is 0 Å². The molecule has 94 valence electrons. The quantitative estimate of drug-likeness (QED) is 0.186. The number of rotatable bonds is 12. The Labute approximate surface area is 114 Å². The van der Waals surface area contributed by atoms with Gasteiger partial charge in [0.1, 0.15) is 0 Å². The molecule has 2 nitrogen and oxygen atoms in total. The van der Waals surface area contributed by atoms with Gasteiger partial charge in [0, 0.05) is 29.4 Å². The van der Waals surface area contributed by atoms with Crippen LogP contribution in [0.3, 0.4) is 0 Å². The average Bonchev–Trinajstić information content (AvgIpc) is 2.31. The zero-order valence-electron chi connectivity index (χ0n) is 10.3. The molecule has 0 fully saturated rings. The minimum absolute atomic E-state index is 0.907. The molecule has 0 bridgehead atoms. The first kappa shape index (κ1) is 16.1. The highest BCUT2D eigenvalue weighted by Crippen LogP contribution is 2.07. The standard InChI is InChI=1S/C13H25IN2/c1-2-3-4-5-6-7-8-9-10-11-15-12-13-16-14/h2,11,16H,1,3-10,12-13H2. The zero-order chi connectivity index (χ0) is 11.9. The Kier molecular flexibility index (Phi) is 15.2. The average molecular weight is 336 g/mol. The van der Waals surface area contributed by atoms with Gasteiger partial charge < -0.3 is 0 Å². The summed E-state index contributed by atoms with van der Waals surface area (Å²) in [6.45, 7) is 5.61. The van der Waals surface area contributed by atoms with Crippen molar-refractivity contribution >= 4 is 29.1 Å². The van der Waals surface area contributed by atoms with Crippen LogP contribution in [0.1, 0.15) is 51.4 Å². The molecule has 0 unspecified atom stereocenters. The van der Waals surface area contributed by atoms with Gasteiger partial charge in [0.05, 0.1) is 6.54 Å². The van der Waals surface area contributed by atoms with E-state index in [9.17, 15) is 0 Å². The van der Waals surface area contributed by atoms with Crippen LogP contribution in [-0.4, -0.2) is 19.3 Å². The normalized spacial score (nSPS) is 11.1. The number of unbranched alkanes of at least 4 members (excludes halogenated alkanes) is 7. The molecule has 0 radical (unpaired) electrons. The van der Waals surface area contributed by atoms with Crippen LogP contribution < -0.4 is 3.53 Å². The second-order valence-electron chi connectivity index (χ2n) is 3.96.